The first kappa shape index (κ1) is 24.5. The fraction of sp³-hybridized carbons (Fsp3) is 0.375. The lowest BCUT2D eigenvalue weighted by atomic mass is 9.90. The molecule has 0 saturated carbocycles. The van der Waals surface area contributed by atoms with Crippen molar-refractivity contribution in [2.75, 3.05) is 13.1 Å². The summed E-state index contributed by atoms with van der Waals surface area (Å²) in [6, 6.07) is 9.09. The Bertz CT molecular complexity index is 1330. The van der Waals surface area contributed by atoms with Crippen LogP contribution in [0.25, 0.3) is 10.9 Å². The van der Waals surface area contributed by atoms with Crippen LogP contribution in [0.5, 0.6) is 5.75 Å². The van der Waals surface area contributed by atoms with Crippen LogP contribution in [-0.2, 0) is 21.4 Å². The lowest BCUT2D eigenvalue weighted by molar-refractivity contribution is -0.137. The van der Waals surface area contributed by atoms with Crippen LogP contribution in [-0.4, -0.2) is 47.6 Å². The second-order valence-corrected chi connectivity index (χ2v) is 11.1. The lowest BCUT2D eigenvalue weighted by Crippen LogP contribution is -2.37. The van der Waals surface area contributed by atoms with Crippen molar-refractivity contribution in [3.63, 3.8) is 0 Å². The molecule has 0 bridgehead atoms. The van der Waals surface area contributed by atoms with Gasteiger partial charge in [0, 0.05) is 29.7 Å². The Morgan fingerprint density at radius 3 is 2.53 bits per heavy atom. The van der Waals surface area contributed by atoms with Crippen molar-refractivity contribution in [2.45, 2.75) is 50.2 Å². The highest BCUT2D eigenvalue weighted by atomic mass is 35.5. The van der Waals surface area contributed by atoms with Crippen molar-refractivity contribution >= 4 is 38.5 Å². The van der Waals surface area contributed by atoms with Crippen LogP contribution in [0.1, 0.15) is 38.2 Å². The maximum atomic E-state index is 14.4. The highest BCUT2D eigenvalue weighted by Gasteiger charge is 2.32. The normalized spacial score (nSPS) is 15.8. The van der Waals surface area contributed by atoms with E-state index in [2.05, 4.69) is 0 Å². The Hall–Kier alpha value is -2.62. The molecule has 1 aliphatic heterocycles. The first-order valence-electron chi connectivity index (χ1n) is 11.0. The number of hydrogen-bond acceptors (Lipinski definition) is 4. The highest BCUT2D eigenvalue weighted by Crippen LogP contribution is 2.37. The number of benzene rings is 2. The third kappa shape index (κ3) is 4.92. The predicted molar refractivity (Wildman–Crippen MR) is 127 cm³/mol. The lowest BCUT2D eigenvalue weighted by Gasteiger charge is -2.31. The molecule has 1 aliphatic rings. The Morgan fingerprint density at radius 1 is 1.21 bits per heavy atom. The summed E-state index contributed by atoms with van der Waals surface area (Å²) in [6.45, 7) is 3.89. The van der Waals surface area contributed by atoms with Crippen LogP contribution in [0.4, 0.5) is 4.39 Å². The van der Waals surface area contributed by atoms with Gasteiger partial charge in [0.2, 0.25) is 10.0 Å². The third-order valence-electron chi connectivity index (χ3n) is 5.98. The van der Waals surface area contributed by atoms with Crippen LogP contribution in [0, 0.1) is 5.82 Å². The summed E-state index contributed by atoms with van der Waals surface area (Å²) >= 11 is 6.13. The van der Waals surface area contributed by atoms with Gasteiger partial charge in [-0.1, -0.05) is 17.7 Å². The summed E-state index contributed by atoms with van der Waals surface area (Å²) in [5.74, 6) is -1.59. The maximum absolute atomic E-state index is 14.4. The number of ether oxygens (including phenoxy) is 1. The molecule has 0 amide bonds. The van der Waals surface area contributed by atoms with E-state index < -0.39 is 21.8 Å². The average Bonchev–Trinajstić information content (AvgIpc) is 3.11. The van der Waals surface area contributed by atoms with Crippen molar-refractivity contribution in [3.8, 4) is 5.75 Å². The Balaban J connectivity index is 1.54. The minimum Gasteiger partial charge on any atom is -0.488 e. The number of piperidine rings is 1. The number of aliphatic carboxylic acids is 1. The van der Waals surface area contributed by atoms with Gasteiger partial charge in [0.25, 0.3) is 0 Å². The molecule has 0 unspecified atom stereocenters. The van der Waals surface area contributed by atoms with Gasteiger partial charge in [-0.15, -0.1) is 0 Å². The molecule has 1 aromatic heterocycles. The van der Waals surface area contributed by atoms with Gasteiger partial charge in [-0.3, -0.25) is 4.79 Å². The van der Waals surface area contributed by atoms with E-state index in [4.69, 9.17) is 16.3 Å². The number of halogens is 2. The minimum atomic E-state index is -3.86. The molecule has 4 rings (SSSR count). The van der Waals surface area contributed by atoms with Gasteiger partial charge in [-0.2, -0.15) is 4.31 Å². The van der Waals surface area contributed by atoms with Crippen LogP contribution in [0.3, 0.4) is 0 Å². The summed E-state index contributed by atoms with van der Waals surface area (Å²) in [7, 11) is -3.86. The van der Waals surface area contributed by atoms with Crippen LogP contribution in [0.15, 0.2) is 47.5 Å². The van der Waals surface area contributed by atoms with Gasteiger partial charge in [-0.25, -0.2) is 12.8 Å². The van der Waals surface area contributed by atoms with Gasteiger partial charge < -0.3 is 14.4 Å². The number of sulfonamides is 1. The molecule has 2 heterocycles. The summed E-state index contributed by atoms with van der Waals surface area (Å²) < 4.78 is 49.0. The monoisotopic (exact) mass is 508 g/mol. The molecule has 0 radical (unpaired) electrons. The highest BCUT2D eigenvalue weighted by molar-refractivity contribution is 7.89. The first-order chi connectivity index (χ1) is 16.1. The standard InChI is InChI=1S/C24H26ClFN2O5S/c1-15(2)33-23-6-4-18(12-21(23)26)34(31,32)28-9-7-16(8-10-28)20-13-27(14-24(29)30)22-11-17(25)3-5-19(20)22/h3-6,11-13,15-16H,7-10,14H2,1-2H3,(H,29,30). The minimum absolute atomic E-state index is 0.0190. The van der Waals surface area contributed by atoms with E-state index in [1.165, 1.54) is 16.4 Å². The largest absolute Gasteiger partial charge is 0.488 e. The van der Waals surface area contributed by atoms with Gasteiger partial charge in [0.1, 0.15) is 6.54 Å². The van der Waals surface area contributed by atoms with Gasteiger partial charge in [-0.05, 0) is 68.5 Å². The van der Waals surface area contributed by atoms with E-state index in [0.29, 0.717) is 17.9 Å². The number of aromatic nitrogens is 1. The average molecular weight is 509 g/mol. The van der Waals surface area contributed by atoms with E-state index in [9.17, 15) is 22.7 Å². The fourth-order valence-electron chi connectivity index (χ4n) is 4.44. The molecule has 3 aromatic rings. The van der Waals surface area contributed by atoms with Crippen molar-refractivity contribution < 1.29 is 27.4 Å². The van der Waals surface area contributed by atoms with Crippen LogP contribution < -0.4 is 4.74 Å². The maximum Gasteiger partial charge on any atom is 0.323 e. The summed E-state index contributed by atoms with van der Waals surface area (Å²) in [5, 5.41) is 10.7. The molecular weight excluding hydrogens is 483 g/mol. The third-order valence-corrected chi connectivity index (χ3v) is 8.11. The van der Waals surface area contributed by atoms with Crippen molar-refractivity contribution in [2.24, 2.45) is 0 Å². The number of fused-ring (bicyclic) bond motifs is 1. The zero-order chi connectivity index (χ0) is 24.6. The van der Waals surface area contributed by atoms with E-state index >= 15 is 0 Å². The topological polar surface area (TPSA) is 88.8 Å². The Labute approximate surface area is 202 Å². The Kier molecular flexibility index (Phi) is 6.89. The predicted octanol–water partition coefficient (Wildman–Crippen LogP) is 4.87. The zero-order valence-corrected chi connectivity index (χ0v) is 20.4. The van der Waals surface area contributed by atoms with Crippen molar-refractivity contribution in [1.29, 1.82) is 0 Å². The molecular formula is C24H26ClFN2O5S. The summed E-state index contributed by atoms with van der Waals surface area (Å²) in [5.41, 5.74) is 1.71. The molecule has 34 heavy (non-hydrogen) atoms. The number of rotatable bonds is 7. The molecule has 0 aliphatic carbocycles. The number of hydrogen-bond donors (Lipinski definition) is 1. The van der Waals surface area contributed by atoms with Gasteiger partial charge >= 0.3 is 5.97 Å². The second-order valence-electron chi connectivity index (χ2n) is 8.70. The molecule has 10 heteroatoms. The van der Waals surface area contributed by atoms with E-state index in [-0.39, 0.29) is 42.3 Å². The fourth-order valence-corrected chi connectivity index (χ4v) is 6.09. The van der Waals surface area contributed by atoms with Gasteiger partial charge in [0.05, 0.1) is 16.5 Å². The SMILES string of the molecule is CC(C)Oc1ccc(S(=O)(=O)N2CCC(c3cn(CC(=O)O)c4cc(Cl)ccc34)CC2)cc1F. The van der Waals surface area contributed by atoms with Crippen LogP contribution >= 0.6 is 11.6 Å². The summed E-state index contributed by atoms with van der Waals surface area (Å²) in [6.07, 6.45) is 2.72. The van der Waals surface area contributed by atoms with E-state index in [0.717, 1.165) is 22.5 Å². The second kappa shape index (κ2) is 9.56. The van der Waals surface area contributed by atoms with E-state index in [1.54, 1.807) is 30.5 Å². The molecule has 7 nitrogen and oxygen atoms in total. The molecule has 0 atom stereocenters. The number of carbonyl (C=O) groups is 1. The number of carboxylic acids is 1. The molecule has 1 fully saturated rings. The first-order valence-corrected chi connectivity index (χ1v) is 12.8. The number of nitrogens with zero attached hydrogens (tertiary/aromatic N) is 2. The smallest absolute Gasteiger partial charge is 0.323 e. The zero-order valence-electron chi connectivity index (χ0n) is 18.9. The van der Waals surface area contributed by atoms with E-state index in [1.807, 2.05) is 12.3 Å². The molecule has 1 N–H and O–H groups in total. The van der Waals surface area contributed by atoms with Gasteiger partial charge in [0.15, 0.2) is 11.6 Å². The molecule has 2 aromatic carbocycles. The molecule has 1 saturated heterocycles. The van der Waals surface area contributed by atoms with Crippen LogP contribution in [0.2, 0.25) is 5.02 Å². The molecule has 182 valence electrons. The number of carboxylic acid groups (broad SMARTS) is 1. The summed E-state index contributed by atoms with van der Waals surface area (Å²) in [4.78, 5) is 11.2. The Morgan fingerprint density at radius 2 is 1.91 bits per heavy atom. The molecule has 0 spiro atoms. The van der Waals surface area contributed by atoms with Crippen molar-refractivity contribution in [3.05, 3.63) is 59.0 Å². The van der Waals surface area contributed by atoms with Crippen molar-refractivity contribution in [1.82, 2.24) is 8.87 Å². The quantitative estimate of drug-likeness (QED) is 0.491.